The molecule has 9 heteroatoms. The molecule has 1 aliphatic heterocycles. The van der Waals surface area contributed by atoms with Gasteiger partial charge in [0, 0.05) is 16.9 Å². The van der Waals surface area contributed by atoms with E-state index >= 15 is 0 Å². The normalized spacial score (nSPS) is 15.2. The van der Waals surface area contributed by atoms with Crippen LogP contribution in [-0.4, -0.2) is 38.6 Å². The van der Waals surface area contributed by atoms with E-state index in [1.165, 1.54) is 21.3 Å². The van der Waals surface area contributed by atoms with Crippen LogP contribution in [0.1, 0.15) is 45.1 Å². The van der Waals surface area contributed by atoms with Crippen molar-refractivity contribution in [2.24, 2.45) is 5.92 Å². The molecule has 0 saturated carbocycles. The molecule has 2 aromatic carbocycles. The van der Waals surface area contributed by atoms with Gasteiger partial charge in [0.1, 0.15) is 0 Å². The van der Waals surface area contributed by atoms with Crippen LogP contribution in [0.3, 0.4) is 0 Å². The second-order valence-electron chi connectivity index (χ2n) is 8.80. The minimum atomic E-state index is -0.942. The number of methoxy groups -OCH3 is 3. The third-order valence-electron chi connectivity index (χ3n) is 6.61. The molecule has 0 bridgehead atoms. The van der Waals surface area contributed by atoms with Crippen molar-refractivity contribution in [3.05, 3.63) is 52.1 Å². The summed E-state index contributed by atoms with van der Waals surface area (Å²) in [5.74, 6) is 2.41. The van der Waals surface area contributed by atoms with E-state index in [2.05, 4.69) is 6.07 Å². The molecular weight excluding hydrogens is 452 g/mol. The fourth-order valence-corrected chi connectivity index (χ4v) is 4.63. The van der Waals surface area contributed by atoms with Crippen LogP contribution < -0.4 is 23.7 Å². The summed E-state index contributed by atoms with van der Waals surface area (Å²) in [6.45, 7) is 3.92. The highest BCUT2D eigenvalue weighted by molar-refractivity contribution is 5.59. The van der Waals surface area contributed by atoms with Crippen molar-refractivity contribution < 1.29 is 28.6 Å². The van der Waals surface area contributed by atoms with Gasteiger partial charge in [0.25, 0.3) is 0 Å². The fraction of sp³-hybridized carbons (Fsp3) is 0.500. The van der Waals surface area contributed by atoms with E-state index in [-0.39, 0.29) is 23.7 Å². The number of nitriles is 1. The highest BCUT2D eigenvalue weighted by Crippen LogP contribution is 2.48. The molecule has 0 aromatic heterocycles. The molecule has 2 unspecified atom stereocenters. The third kappa shape index (κ3) is 5.21. The summed E-state index contributed by atoms with van der Waals surface area (Å²) in [6.07, 6.45) is 0.541. The van der Waals surface area contributed by atoms with Gasteiger partial charge in [0.2, 0.25) is 18.1 Å². The summed E-state index contributed by atoms with van der Waals surface area (Å²) >= 11 is 0. The maximum atomic E-state index is 11.8. The lowest BCUT2D eigenvalue weighted by molar-refractivity contribution is -0.527. The Balaban J connectivity index is 1.78. The molecule has 2 aromatic rings. The van der Waals surface area contributed by atoms with Gasteiger partial charge in [-0.25, -0.2) is 0 Å². The molecule has 0 spiro atoms. The SMILES string of the molecule is COc1ccc(C(C#N)(CCCC(CC2Oc3ccccc3O2)[N+](=O)[O-])C(C)C)c(OC)c1OC. The molecule has 9 nitrogen and oxygen atoms in total. The minimum Gasteiger partial charge on any atom is -0.493 e. The standard InChI is InChI=1S/C26H32N2O7/c1-17(2)26(16-27,19-12-13-22(31-3)25(33-5)24(19)32-4)14-8-9-18(28(29)30)15-23-34-20-10-6-7-11-21(20)35-23/h6-7,10-13,17-18,23H,8-9,14-15H2,1-5H3. The Morgan fingerprint density at radius 1 is 1.06 bits per heavy atom. The number of fused-ring (bicyclic) bond motifs is 1. The molecular formula is C26H32N2O7. The predicted molar refractivity (Wildman–Crippen MR) is 129 cm³/mol. The van der Waals surface area contributed by atoms with Crippen molar-refractivity contribution >= 4 is 0 Å². The summed E-state index contributed by atoms with van der Waals surface area (Å²) in [6, 6.07) is 12.4. The molecule has 1 heterocycles. The van der Waals surface area contributed by atoms with Crippen LogP contribution in [0.5, 0.6) is 28.7 Å². The van der Waals surface area contributed by atoms with Crippen molar-refractivity contribution in [1.82, 2.24) is 0 Å². The summed E-state index contributed by atoms with van der Waals surface area (Å²) in [4.78, 5) is 11.5. The molecule has 3 rings (SSSR count). The van der Waals surface area contributed by atoms with Crippen LogP contribution in [0.4, 0.5) is 0 Å². The Morgan fingerprint density at radius 2 is 1.69 bits per heavy atom. The number of nitrogens with zero attached hydrogens (tertiary/aromatic N) is 2. The Morgan fingerprint density at radius 3 is 2.17 bits per heavy atom. The second kappa shape index (κ2) is 11.2. The summed E-state index contributed by atoms with van der Waals surface area (Å²) in [5.41, 5.74) is -0.270. The third-order valence-corrected chi connectivity index (χ3v) is 6.61. The van der Waals surface area contributed by atoms with Gasteiger partial charge in [-0.3, -0.25) is 10.1 Å². The van der Waals surface area contributed by atoms with Gasteiger partial charge in [-0.1, -0.05) is 26.0 Å². The maximum Gasteiger partial charge on any atom is 0.248 e. The Hall–Kier alpha value is -3.67. The quantitative estimate of drug-likeness (QED) is 0.301. The van der Waals surface area contributed by atoms with E-state index in [4.69, 9.17) is 23.7 Å². The van der Waals surface area contributed by atoms with Crippen LogP contribution in [0.15, 0.2) is 36.4 Å². The molecule has 2 atom stereocenters. The van der Waals surface area contributed by atoms with Gasteiger partial charge in [-0.15, -0.1) is 0 Å². The number of ether oxygens (including phenoxy) is 5. The van der Waals surface area contributed by atoms with Crippen molar-refractivity contribution in [2.75, 3.05) is 21.3 Å². The van der Waals surface area contributed by atoms with Gasteiger partial charge >= 0.3 is 0 Å². The van der Waals surface area contributed by atoms with E-state index in [1.54, 1.807) is 18.2 Å². The lowest BCUT2D eigenvalue weighted by atomic mass is 9.69. The zero-order chi connectivity index (χ0) is 25.6. The fourth-order valence-electron chi connectivity index (χ4n) is 4.63. The van der Waals surface area contributed by atoms with Gasteiger partial charge in [-0.2, -0.15) is 5.26 Å². The van der Waals surface area contributed by atoms with Crippen molar-refractivity contribution in [1.29, 1.82) is 5.26 Å². The number of hydrogen-bond acceptors (Lipinski definition) is 8. The predicted octanol–water partition coefficient (Wildman–Crippen LogP) is 5.13. The number of rotatable bonds is 12. The zero-order valence-electron chi connectivity index (χ0n) is 20.8. The average molecular weight is 485 g/mol. The van der Waals surface area contributed by atoms with Crippen molar-refractivity contribution in [2.45, 2.75) is 57.3 Å². The Labute approximate surface area is 205 Å². The first-order valence-corrected chi connectivity index (χ1v) is 11.6. The highest BCUT2D eigenvalue weighted by Gasteiger charge is 2.41. The molecule has 35 heavy (non-hydrogen) atoms. The molecule has 0 N–H and O–H groups in total. The summed E-state index contributed by atoms with van der Waals surface area (Å²) < 4.78 is 28.0. The largest absolute Gasteiger partial charge is 0.493 e. The van der Waals surface area contributed by atoms with E-state index in [0.717, 1.165) is 0 Å². The first kappa shape index (κ1) is 25.9. The van der Waals surface area contributed by atoms with Crippen LogP contribution in [-0.2, 0) is 5.41 Å². The average Bonchev–Trinajstić information content (AvgIpc) is 3.27. The van der Waals surface area contributed by atoms with Crippen LogP contribution in [0.2, 0.25) is 0 Å². The number of para-hydroxylation sites is 2. The van der Waals surface area contributed by atoms with Gasteiger partial charge in [0.15, 0.2) is 23.0 Å². The molecule has 188 valence electrons. The van der Waals surface area contributed by atoms with Gasteiger partial charge < -0.3 is 23.7 Å². The van der Waals surface area contributed by atoms with Crippen molar-refractivity contribution in [3.8, 4) is 34.8 Å². The lowest BCUT2D eigenvalue weighted by Gasteiger charge is -2.33. The Kier molecular flexibility index (Phi) is 8.28. The number of benzene rings is 2. The van der Waals surface area contributed by atoms with Crippen molar-refractivity contribution in [3.63, 3.8) is 0 Å². The molecule has 0 fully saturated rings. The topological polar surface area (TPSA) is 113 Å². The van der Waals surface area contributed by atoms with Crippen LogP contribution >= 0.6 is 0 Å². The molecule has 0 radical (unpaired) electrons. The molecule has 0 aliphatic carbocycles. The van der Waals surface area contributed by atoms with Crippen LogP contribution in [0, 0.1) is 27.4 Å². The van der Waals surface area contributed by atoms with E-state index in [9.17, 15) is 15.4 Å². The van der Waals surface area contributed by atoms with E-state index < -0.39 is 17.7 Å². The molecule has 0 saturated heterocycles. The monoisotopic (exact) mass is 484 g/mol. The van der Waals surface area contributed by atoms with E-state index in [1.807, 2.05) is 32.0 Å². The number of nitro groups is 1. The lowest BCUT2D eigenvalue weighted by Crippen LogP contribution is -2.33. The summed E-state index contributed by atoms with van der Waals surface area (Å²) in [7, 11) is 4.57. The summed E-state index contributed by atoms with van der Waals surface area (Å²) in [5, 5.41) is 22.2. The first-order valence-electron chi connectivity index (χ1n) is 11.6. The smallest absolute Gasteiger partial charge is 0.248 e. The second-order valence-corrected chi connectivity index (χ2v) is 8.80. The van der Waals surface area contributed by atoms with Gasteiger partial charge in [0.05, 0.1) is 39.2 Å². The molecule has 1 aliphatic rings. The first-order chi connectivity index (χ1) is 16.8. The number of hydrogen-bond donors (Lipinski definition) is 0. The minimum absolute atomic E-state index is 0.0930. The van der Waals surface area contributed by atoms with Crippen LogP contribution in [0.25, 0.3) is 0 Å². The molecule has 0 amide bonds. The highest BCUT2D eigenvalue weighted by atomic mass is 16.7. The maximum absolute atomic E-state index is 11.8. The Bertz CT molecular complexity index is 1060. The van der Waals surface area contributed by atoms with E-state index in [0.29, 0.717) is 47.2 Å². The van der Waals surface area contributed by atoms with Gasteiger partial charge in [-0.05, 0) is 43.0 Å². The zero-order valence-corrected chi connectivity index (χ0v) is 20.8.